The molecule has 3 rings (SSSR count). The summed E-state index contributed by atoms with van der Waals surface area (Å²) in [5.74, 6) is -0.227. The Bertz CT molecular complexity index is 731. The van der Waals surface area contributed by atoms with Crippen LogP contribution in [0.15, 0.2) is 24.3 Å². The van der Waals surface area contributed by atoms with E-state index in [1.165, 1.54) is 7.11 Å². The van der Waals surface area contributed by atoms with Crippen molar-refractivity contribution in [3.8, 4) is 5.69 Å². The number of aromatic nitrogens is 2. The van der Waals surface area contributed by atoms with E-state index in [1.54, 1.807) is 22.9 Å². The van der Waals surface area contributed by atoms with Gasteiger partial charge in [0.1, 0.15) is 0 Å². The number of carbonyl (C=O) groups is 2. The molecule has 0 saturated heterocycles. The minimum Gasteiger partial charge on any atom is -0.465 e. The standard InChI is InChI=1S/C16H16N2O3/c1-10-15-13(7-4-8-14(15)19)18(17-10)12-6-3-5-11(9-12)16(20)21-2/h3,5-6,9H,4,7-8H2,1-2H3. The lowest BCUT2D eigenvalue weighted by atomic mass is 9.94. The van der Waals surface area contributed by atoms with E-state index in [4.69, 9.17) is 4.74 Å². The van der Waals surface area contributed by atoms with Gasteiger partial charge in [0.15, 0.2) is 5.78 Å². The molecule has 0 atom stereocenters. The normalized spacial score (nSPS) is 13.9. The van der Waals surface area contributed by atoms with Gasteiger partial charge in [-0.1, -0.05) is 6.07 Å². The predicted octanol–water partition coefficient (Wildman–Crippen LogP) is 2.49. The lowest BCUT2D eigenvalue weighted by molar-refractivity contribution is 0.0600. The van der Waals surface area contributed by atoms with Gasteiger partial charge in [0.2, 0.25) is 0 Å². The Kier molecular flexibility index (Phi) is 3.33. The minimum absolute atomic E-state index is 0.157. The third-order valence-electron chi connectivity index (χ3n) is 3.76. The molecule has 21 heavy (non-hydrogen) atoms. The Balaban J connectivity index is 2.12. The molecular formula is C16H16N2O3. The van der Waals surface area contributed by atoms with Gasteiger partial charge in [-0.2, -0.15) is 5.10 Å². The first-order valence-electron chi connectivity index (χ1n) is 6.92. The number of nitrogens with zero attached hydrogens (tertiary/aromatic N) is 2. The summed E-state index contributed by atoms with van der Waals surface area (Å²) in [4.78, 5) is 23.7. The number of esters is 1. The second kappa shape index (κ2) is 5.16. The highest BCUT2D eigenvalue weighted by atomic mass is 16.5. The predicted molar refractivity (Wildman–Crippen MR) is 76.9 cm³/mol. The number of rotatable bonds is 2. The fourth-order valence-corrected chi connectivity index (χ4v) is 2.81. The zero-order valence-corrected chi connectivity index (χ0v) is 12.0. The van der Waals surface area contributed by atoms with E-state index in [2.05, 4.69) is 5.10 Å². The highest BCUT2D eigenvalue weighted by molar-refractivity contribution is 5.99. The molecule has 2 aromatic rings. The lowest BCUT2D eigenvalue weighted by Crippen LogP contribution is -2.13. The zero-order valence-electron chi connectivity index (χ0n) is 12.0. The molecule has 1 aliphatic rings. The van der Waals surface area contributed by atoms with Crippen molar-refractivity contribution in [2.24, 2.45) is 0 Å². The van der Waals surface area contributed by atoms with Crippen LogP contribution >= 0.6 is 0 Å². The molecule has 0 bridgehead atoms. The van der Waals surface area contributed by atoms with Crippen LogP contribution in [0.3, 0.4) is 0 Å². The molecule has 1 heterocycles. The lowest BCUT2D eigenvalue weighted by Gasteiger charge is -2.13. The van der Waals surface area contributed by atoms with Gasteiger partial charge >= 0.3 is 5.97 Å². The van der Waals surface area contributed by atoms with Crippen LogP contribution < -0.4 is 0 Å². The van der Waals surface area contributed by atoms with Crippen LogP contribution in [0.2, 0.25) is 0 Å². The molecule has 0 spiro atoms. The second-order valence-corrected chi connectivity index (χ2v) is 5.14. The number of methoxy groups -OCH3 is 1. The van der Waals surface area contributed by atoms with E-state index in [1.807, 2.05) is 13.0 Å². The first-order chi connectivity index (χ1) is 10.1. The summed E-state index contributed by atoms with van der Waals surface area (Å²) in [6, 6.07) is 7.09. The number of ketones is 1. The van der Waals surface area contributed by atoms with Crippen LogP contribution in [-0.4, -0.2) is 28.6 Å². The Hall–Kier alpha value is -2.43. The first kappa shape index (κ1) is 13.5. The summed E-state index contributed by atoms with van der Waals surface area (Å²) >= 11 is 0. The Morgan fingerprint density at radius 2 is 2.14 bits per heavy atom. The van der Waals surface area contributed by atoms with Gasteiger partial charge in [0, 0.05) is 6.42 Å². The second-order valence-electron chi connectivity index (χ2n) is 5.14. The van der Waals surface area contributed by atoms with Crippen LogP contribution in [0.25, 0.3) is 5.69 Å². The van der Waals surface area contributed by atoms with E-state index in [9.17, 15) is 9.59 Å². The largest absolute Gasteiger partial charge is 0.465 e. The maximum atomic E-state index is 12.0. The molecule has 0 aliphatic heterocycles. The third-order valence-corrected chi connectivity index (χ3v) is 3.76. The SMILES string of the molecule is COC(=O)c1cccc(-n2nc(C)c3c2CCCC3=O)c1. The van der Waals surface area contributed by atoms with Crippen LogP contribution in [0.1, 0.15) is 44.9 Å². The maximum Gasteiger partial charge on any atom is 0.337 e. The molecule has 5 heteroatoms. The monoisotopic (exact) mass is 284 g/mol. The van der Waals surface area contributed by atoms with Gasteiger partial charge in [-0.25, -0.2) is 9.48 Å². The smallest absolute Gasteiger partial charge is 0.337 e. The summed E-state index contributed by atoms with van der Waals surface area (Å²) in [6.07, 6.45) is 2.25. The van der Waals surface area contributed by atoms with Crippen LogP contribution in [-0.2, 0) is 11.2 Å². The minimum atomic E-state index is -0.384. The fourth-order valence-electron chi connectivity index (χ4n) is 2.81. The quantitative estimate of drug-likeness (QED) is 0.795. The van der Waals surface area contributed by atoms with Crippen molar-refractivity contribution in [3.63, 3.8) is 0 Å². The van der Waals surface area contributed by atoms with Gasteiger partial charge in [-0.15, -0.1) is 0 Å². The van der Waals surface area contributed by atoms with Crippen molar-refractivity contribution in [2.75, 3.05) is 7.11 Å². The number of Topliss-reactive ketones (excluding diaryl/α,β-unsaturated/α-hetero) is 1. The number of carbonyl (C=O) groups excluding carboxylic acids is 2. The first-order valence-corrected chi connectivity index (χ1v) is 6.92. The van der Waals surface area contributed by atoms with Crippen LogP contribution in [0.5, 0.6) is 0 Å². The summed E-state index contributed by atoms with van der Waals surface area (Å²) < 4.78 is 6.51. The van der Waals surface area contributed by atoms with Gasteiger partial charge in [0.05, 0.1) is 35.3 Å². The number of hydrogen-bond acceptors (Lipinski definition) is 4. The molecule has 5 nitrogen and oxygen atoms in total. The van der Waals surface area contributed by atoms with Crippen molar-refractivity contribution in [2.45, 2.75) is 26.2 Å². The number of aryl methyl sites for hydroxylation is 1. The Morgan fingerprint density at radius 3 is 2.90 bits per heavy atom. The molecule has 1 aromatic carbocycles. The van der Waals surface area contributed by atoms with Crippen molar-refractivity contribution in [1.29, 1.82) is 0 Å². The molecule has 108 valence electrons. The van der Waals surface area contributed by atoms with E-state index in [0.717, 1.165) is 35.5 Å². The summed E-state index contributed by atoms with van der Waals surface area (Å²) in [5, 5.41) is 4.48. The van der Waals surface area contributed by atoms with E-state index >= 15 is 0 Å². The molecule has 1 aliphatic carbocycles. The number of hydrogen-bond donors (Lipinski definition) is 0. The van der Waals surface area contributed by atoms with Gasteiger partial charge in [-0.3, -0.25) is 4.79 Å². The number of ether oxygens (including phenoxy) is 1. The highest BCUT2D eigenvalue weighted by Gasteiger charge is 2.25. The maximum absolute atomic E-state index is 12.0. The molecule has 0 unspecified atom stereocenters. The van der Waals surface area contributed by atoms with Crippen LogP contribution in [0, 0.1) is 6.92 Å². The van der Waals surface area contributed by atoms with Crippen molar-refractivity contribution < 1.29 is 14.3 Å². The molecule has 0 fully saturated rings. The average molecular weight is 284 g/mol. The van der Waals surface area contributed by atoms with Crippen LogP contribution in [0.4, 0.5) is 0 Å². The van der Waals surface area contributed by atoms with Crippen molar-refractivity contribution in [3.05, 3.63) is 46.8 Å². The molecule has 1 aromatic heterocycles. The molecule has 0 radical (unpaired) electrons. The van der Waals surface area contributed by atoms with Crippen molar-refractivity contribution in [1.82, 2.24) is 9.78 Å². The summed E-state index contributed by atoms with van der Waals surface area (Å²) in [7, 11) is 1.35. The highest BCUT2D eigenvalue weighted by Crippen LogP contribution is 2.26. The topological polar surface area (TPSA) is 61.2 Å². The Morgan fingerprint density at radius 1 is 1.33 bits per heavy atom. The number of benzene rings is 1. The third kappa shape index (κ3) is 2.24. The fraction of sp³-hybridized carbons (Fsp3) is 0.312. The molecule has 0 saturated carbocycles. The van der Waals surface area contributed by atoms with Gasteiger partial charge in [0.25, 0.3) is 0 Å². The van der Waals surface area contributed by atoms with E-state index in [0.29, 0.717) is 12.0 Å². The molecule has 0 N–H and O–H groups in total. The molecular weight excluding hydrogens is 268 g/mol. The molecule has 0 amide bonds. The summed E-state index contributed by atoms with van der Waals surface area (Å²) in [6.45, 7) is 1.85. The van der Waals surface area contributed by atoms with Gasteiger partial charge in [-0.05, 0) is 38.0 Å². The average Bonchev–Trinajstić information content (AvgIpc) is 2.85. The number of fused-ring (bicyclic) bond motifs is 1. The van der Waals surface area contributed by atoms with E-state index < -0.39 is 0 Å². The zero-order chi connectivity index (χ0) is 15.0. The van der Waals surface area contributed by atoms with Crippen molar-refractivity contribution >= 4 is 11.8 Å². The summed E-state index contributed by atoms with van der Waals surface area (Å²) in [5.41, 5.74) is 3.67. The Labute approximate surface area is 122 Å². The van der Waals surface area contributed by atoms with E-state index in [-0.39, 0.29) is 11.8 Å². The van der Waals surface area contributed by atoms with Gasteiger partial charge < -0.3 is 4.74 Å².